The number of rotatable bonds is 3. The molecule has 1 heterocycles. The quantitative estimate of drug-likeness (QED) is 0.814. The summed E-state index contributed by atoms with van der Waals surface area (Å²) in [6, 6.07) is 5.68. The van der Waals surface area contributed by atoms with Crippen molar-refractivity contribution in [2.45, 2.75) is 64.2 Å². The number of pyridine rings is 1. The lowest BCUT2D eigenvalue weighted by Gasteiger charge is -2.30. The van der Waals surface area contributed by atoms with Crippen molar-refractivity contribution in [3.05, 3.63) is 22.8 Å². The van der Waals surface area contributed by atoms with Crippen molar-refractivity contribution in [1.82, 2.24) is 10.3 Å². The minimum Gasteiger partial charge on any atom is -0.474 e. The molecule has 0 spiro atoms. The molecule has 6 heteroatoms. The summed E-state index contributed by atoms with van der Waals surface area (Å²) in [5.74, 6) is 0.609. The fraction of sp³-hybridized carbons (Fsp3) is 0.625. The third-order valence-electron chi connectivity index (χ3n) is 3.32. The van der Waals surface area contributed by atoms with Gasteiger partial charge in [-0.25, -0.2) is 9.78 Å². The summed E-state index contributed by atoms with van der Waals surface area (Å²) in [7, 11) is 0. The van der Waals surface area contributed by atoms with Gasteiger partial charge in [0.1, 0.15) is 16.3 Å². The van der Waals surface area contributed by atoms with Gasteiger partial charge >= 0.3 is 6.09 Å². The van der Waals surface area contributed by atoms with Crippen LogP contribution in [0, 0.1) is 0 Å². The van der Waals surface area contributed by atoms with Crippen LogP contribution in [-0.2, 0) is 4.74 Å². The average Bonchev–Trinajstić information content (AvgIpc) is 2.36. The van der Waals surface area contributed by atoms with Crippen LogP contribution in [0.25, 0.3) is 0 Å². The smallest absolute Gasteiger partial charge is 0.407 e. The Morgan fingerprint density at radius 2 is 2.14 bits per heavy atom. The predicted molar refractivity (Wildman–Crippen MR) is 88.0 cm³/mol. The van der Waals surface area contributed by atoms with Crippen molar-refractivity contribution in [3.63, 3.8) is 0 Å². The van der Waals surface area contributed by atoms with Gasteiger partial charge in [0.15, 0.2) is 0 Å². The number of nitrogens with zero attached hydrogens (tertiary/aromatic N) is 1. The second kappa shape index (κ2) is 7.31. The molecule has 5 nitrogen and oxygen atoms in total. The van der Waals surface area contributed by atoms with Crippen LogP contribution in [0.2, 0.25) is 0 Å². The lowest BCUT2D eigenvalue weighted by Crippen LogP contribution is -2.43. The van der Waals surface area contributed by atoms with Crippen LogP contribution in [-0.4, -0.2) is 28.8 Å². The van der Waals surface area contributed by atoms with Gasteiger partial charge in [0.2, 0.25) is 5.88 Å². The molecule has 1 fully saturated rings. The number of amides is 1. The van der Waals surface area contributed by atoms with Gasteiger partial charge in [-0.2, -0.15) is 0 Å². The molecule has 1 amide bonds. The summed E-state index contributed by atoms with van der Waals surface area (Å²) in [6.45, 7) is 5.58. The molecule has 0 saturated heterocycles. The SMILES string of the molecule is CC(C)(C)OC(=O)NC1CCCC(Oc2cccc(Br)n2)C1. The monoisotopic (exact) mass is 370 g/mol. The van der Waals surface area contributed by atoms with E-state index in [4.69, 9.17) is 9.47 Å². The maximum Gasteiger partial charge on any atom is 0.407 e. The van der Waals surface area contributed by atoms with Gasteiger partial charge in [0.05, 0.1) is 0 Å². The summed E-state index contributed by atoms with van der Waals surface area (Å²) in [4.78, 5) is 16.1. The molecule has 1 aromatic heterocycles. The van der Waals surface area contributed by atoms with Crippen molar-refractivity contribution in [2.75, 3.05) is 0 Å². The Hall–Kier alpha value is -1.30. The van der Waals surface area contributed by atoms with Gasteiger partial charge in [-0.1, -0.05) is 6.07 Å². The Morgan fingerprint density at radius 1 is 1.36 bits per heavy atom. The number of ether oxygens (including phenoxy) is 2. The van der Waals surface area contributed by atoms with E-state index in [2.05, 4.69) is 26.2 Å². The van der Waals surface area contributed by atoms with Gasteiger partial charge < -0.3 is 14.8 Å². The molecule has 1 saturated carbocycles. The minimum atomic E-state index is -0.477. The maximum absolute atomic E-state index is 11.8. The zero-order valence-corrected chi connectivity index (χ0v) is 14.9. The van der Waals surface area contributed by atoms with E-state index in [-0.39, 0.29) is 18.2 Å². The first-order valence-electron chi connectivity index (χ1n) is 7.60. The van der Waals surface area contributed by atoms with Crippen molar-refractivity contribution >= 4 is 22.0 Å². The van der Waals surface area contributed by atoms with Gasteiger partial charge in [0, 0.05) is 18.5 Å². The van der Waals surface area contributed by atoms with Crippen molar-refractivity contribution in [3.8, 4) is 5.88 Å². The van der Waals surface area contributed by atoms with Gasteiger partial charge in [0.25, 0.3) is 0 Å². The fourth-order valence-electron chi connectivity index (χ4n) is 2.48. The van der Waals surface area contributed by atoms with E-state index in [1.54, 1.807) is 0 Å². The largest absolute Gasteiger partial charge is 0.474 e. The molecule has 0 aliphatic heterocycles. The van der Waals surface area contributed by atoms with E-state index < -0.39 is 5.60 Å². The van der Waals surface area contributed by atoms with E-state index >= 15 is 0 Å². The Bertz CT molecular complexity index is 516. The number of hydrogen-bond acceptors (Lipinski definition) is 4. The summed E-state index contributed by atoms with van der Waals surface area (Å²) in [6.07, 6.45) is 3.41. The fourth-order valence-corrected chi connectivity index (χ4v) is 2.81. The van der Waals surface area contributed by atoms with Crippen molar-refractivity contribution < 1.29 is 14.3 Å². The van der Waals surface area contributed by atoms with Crippen molar-refractivity contribution in [1.29, 1.82) is 0 Å². The minimum absolute atomic E-state index is 0.0653. The molecule has 1 aromatic rings. The molecular formula is C16H23BrN2O3. The molecule has 0 radical (unpaired) electrons. The van der Waals surface area contributed by atoms with Gasteiger partial charge in [-0.05, 0) is 62.0 Å². The number of alkyl carbamates (subject to hydrolysis) is 1. The number of carbonyl (C=O) groups excluding carboxylic acids is 1. The van der Waals surface area contributed by atoms with E-state index in [1.165, 1.54) is 0 Å². The Kier molecular flexibility index (Phi) is 5.67. The van der Waals surface area contributed by atoms with E-state index in [1.807, 2.05) is 39.0 Å². The highest BCUT2D eigenvalue weighted by Gasteiger charge is 2.26. The summed E-state index contributed by atoms with van der Waals surface area (Å²) >= 11 is 3.33. The number of nitrogens with one attached hydrogen (secondary N) is 1. The highest BCUT2D eigenvalue weighted by molar-refractivity contribution is 9.10. The first-order valence-corrected chi connectivity index (χ1v) is 8.40. The van der Waals surface area contributed by atoms with Gasteiger partial charge in [-0.15, -0.1) is 0 Å². The first-order chi connectivity index (χ1) is 10.3. The summed E-state index contributed by atoms with van der Waals surface area (Å²) < 4.78 is 12.0. The zero-order chi connectivity index (χ0) is 16.2. The normalized spacial score (nSPS) is 22.0. The highest BCUT2D eigenvalue weighted by Crippen LogP contribution is 2.24. The molecule has 0 aromatic carbocycles. The molecule has 0 bridgehead atoms. The van der Waals surface area contributed by atoms with Crippen LogP contribution in [0.3, 0.4) is 0 Å². The molecule has 22 heavy (non-hydrogen) atoms. The maximum atomic E-state index is 11.8. The molecule has 122 valence electrons. The topological polar surface area (TPSA) is 60.5 Å². The summed E-state index contributed by atoms with van der Waals surface area (Å²) in [5.41, 5.74) is -0.477. The number of halogens is 1. The molecular weight excluding hydrogens is 348 g/mol. The molecule has 1 aliphatic carbocycles. The molecule has 2 rings (SSSR count). The van der Waals surface area contributed by atoms with Crippen LogP contribution < -0.4 is 10.1 Å². The summed E-state index contributed by atoms with van der Waals surface area (Å²) in [5, 5.41) is 2.93. The van der Waals surface area contributed by atoms with Crippen LogP contribution in [0.1, 0.15) is 46.5 Å². The predicted octanol–water partition coefficient (Wildman–Crippen LogP) is 4.06. The number of hydrogen-bond donors (Lipinski definition) is 1. The number of aromatic nitrogens is 1. The Labute approximate surface area is 139 Å². The van der Waals surface area contributed by atoms with Crippen molar-refractivity contribution in [2.24, 2.45) is 0 Å². The lowest BCUT2D eigenvalue weighted by molar-refractivity contribution is 0.0461. The molecule has 2 unspecified atom stereocenters. The van der Waals surface area contributed by atoms with Gasteiger partial charge in [-0.3, -0.25) is 0 Å². The highest BCUT2D eigenvalue weighted by atomic mass is 79.9. The van der Waals surface area contributed by atoms with Crippen LogP contribution in [0.15, 0.2) is 22.8 Å². The third-order valence-corrected chi connectivity index (χ3v) is 3.77. The Balaban J connectivity index is 1.85. The second-order valence-corrected chi connectivity index (χ2v) is 7.36. The molecule has 1 N–H and O–H groups in total. The number of carbonyl (C=O) groups is 1. The van der Waals surface area contributed by atoms with E-state index in [9.17, 15) is 4.79 Å². The first kappa shape index (κ1) is 17.1. The molecule has 2 atom stereocenters. The Morgan fingerprint density at radius 3 is 2.82 bits per heavy atom. The van der Waals surface area contributed by atoms with Crippen LogP contribution >= 0.6 is 15.9 Å². The average molecular weight is 371 g/mol. The standard InChI is InChI=1S/C16H23BrN2O3/c1-16(2,3)22-15(20)18-11-6-4-7-12(10-11)21-14-9-5-8-13(17)19-14/h5,8-9,11-12H,4,6-7,10H2,1-3H3,(H,18,20). The van der Waals surface area contributed by atoms with E-state index in [0.717, 1.165) is 30.3 Å². The lowest BCUT2D eigenvalue weighted by atomic mass is 9.93. The van der Waals surface area contributed by atoms with Crippen LogP contribution in [0.5, 0.6) is 5.88 Å². The third kappa shape index (κ3) is 5.83. The van der Waals surface area contributed by atoms with Crippen LogP contribution in [0.4, 0.5) is 4.79 Å². The molecule has 1 aliphatic rings. The zero-order valence-electron chi connectivity index (χ0n) is 13.3. The van der Waals surface area contributed by atoms with E-state index in [0.29, 0.717) is 5.88 Å². The second-order valence-electron chi connectivity index (χ2n) is 6.55.